The van der Waals surface area contributed by atoms with Crippen LogP contribution in [0.2, 0.25) is 0 Å². The van der Waals surface area contributed by atoms with Gasteiger partial charge in [0, 0.05) is 22.8 Å². The maximum Gasteiger partial charge on any atom is 0.0234 e. The summed E-state index contributed by atoms with van der Waals surface area (Å²) in [5, 5.41) is 0. The molecule has 0 radical (unpaired) electrons. The lowest BCUT2D eigenvalue weighted by Crippen LogP contribution is -2.19. The highest BCUT2D eigenvalue weighted by Crippen LogP contribution is 2.27. The predicted octanol–water partition coefficient (Wildman–Crippen LogP) is 2.44. The quantitative estimate of drug-likeness (QED) is 0.645. The van der Waals surface area contributed by atoms with E-state index in [-0.39, 0.29) is 0 Å². The van der Waals surface area contributed by atoms with Gasteiger partial charge in [0.2, 0.25) is 0 Å². The fourth-order valence-electron chi connectivity index (χ4n) is 0.776. The molecule has 68 valence electrons. The van der Waals surface area contributed by atoms with Gasteiger partial charge >= 0.3 is 0 Å². The molecule has 2 unspecified atom stereocenters. The molecule has 0 rings (SSSR count). The van der Waals surface area contributed by atoms with Crippen LogP contribution < -0.4 is 0 Å². The van der Waals surface area contributed by atoms with Crippen LogP contribution in [0.5, 0.6) is 0 Å². The van der Waals surface area contributed by atoms with Crippen LogP contribution in [0.25, 0.3) is 0 Å². The maximum atomic E-state index is 10.8. The summed E-state index contributed by atoms with van der Waals surface area (Å²) in [4.78, 5) is 0. The molecule has 0 aliphatic rings. The van der Waals surface area contributed by atoms with Crippen molar-refractivity contribution in [2.45, 2.75) is 34.1 Å². The van der Waals surface area contributed by atoms with E-state index in [1.807, 2.05) is 0 Å². The summed E-state index contributed by atoms with van der Waals surface area (Å²) < 4.78 is 10.8. The van der Waals surface area contributed by atoms with Crippen molar-refractivity contribution in [3.05, 3.63) is 0 Å². The number of rotatable bonds is 3. The Balaban J connectivity index is 3.70. The Morgan fingerprint density at radius 1 is 1.36 bits per heavy atom. The van der Waals surface area contributed by atoms with Crippen LogP contribution in [0.1, 0.15) is 34.1 Å². The van der Waals surface area contributed by atoms with Crippen molar-refractivity contribution in [3.63, 3.8) is 0 Å². The van der Waals surface area contributed by atoms with E-state index in [0.717, 1.165) is 12.2 Å². The highest BCUT2D eigenvalue weighted by molar-refractivity contribution is 7.84. The second kappa shape index (κ2) is 4.24. The Kier molecular flexibility index (Phi) is 4.30. The van der Waals surface area contributed by atoms with Crippen LogP contribution in [-0.2, 0) is 10.8 Å². The van der Waals surface area contributed by atoms with Crippen molar-refractivity contribution in [2.75, 3.05) is 12.0 Å². The van der Waals surface area contributed by atoms with Gasteiger partial charge in [-0.25, -0.2) is 0 Å². The molecule has 0 aliphatic heterocycles. The van der Waals surface area contributed by atoms with E-state index in [2.05, 4.69) is 27.7 Å². The van der Waals surface area contributed by atoms with E-state index in [9.17, 15) is 4.21 Å². The first kappa shape index (κ1) is 11.2. The SMILES string of the molecule is CC(CCS(C)=O)C(C)(C)C. The second-order valence-electron chi connectivity index (χ2n) is 4.33. The van der Waals surface area contributed by atoms with Crippen LogP contribution in [0, 0.1) is 11.3 Å². The summed E-state index contributed by atoms with van der Waals surface area (Å²) in [6, 6.07) is 0. The molecule has 0 heterocycles. The summed E-state index contributed by atoms with van der Waals surface area (Å²) in [7, 11) is -0.621. The molecule has 2 atom stereocenters. The van der Waals surface area contributed by atoms with Crippen molar-refractivity contribution < 1.29 is 4.21 Å². The van der Waals surface area contributed by atoms with Gasteiger partial charge in [-0.2, -0.15) is 0 Å². The van der Waals surface area contributed by atoms with E-state index in [1.54, 1.807) is 6.26 Å². The fourth-order valence-corrected chi connectivity index (χ4v) is 1.46. The topological polar surface area (TPSA) is 17.1 Å². The Bertz CT molecular complexity index is 135. The van der Waals surface area contributed by atoms with Gasteiger partial charge in [-0.3, -0.25) is 4.21 Å². The lowest BCUT2D eigenvalue weighted by Gasteiger charge is -2.26. The highest BCUT2D eigenvalue weighted by atomic mass is 32.2. The smallest absolute Gasteiger partial charge is 0.0234 e. The van der Waals surface area contributed by atoms with Gasteiger partial charge in [-0.1, -0.05) is 27.7 Å². The molecule has 0 fully saturated rings. The highest BCUT2D eigenvalue weighted by Gasteiger charge is 2.19. The minimum absolute atomic E-state index is 0.360. The monoisotopic (exact) mass is 176 g/mol. The second-order valence-corrected chi connectivity index (χ2v) is 5.89. The lowest BCUT2D eigenvalue weighted by atomic mass is 9.81. The van der Waals surface area contributed by atoms with Gasteiger partial charge in [0.05, 0.1) is 0 Å². The minimum atomic E-state index is -0.621. The molecule has 0 aromatic carbocycles. The summed E-state index contributed by atoms with van der Waals surface area (Å²) in [6.07, 6.45) is 2.85. The maximum absolute atomic E-state index is 10.8. The molecule has 1 nitrogen and oxygen atoms in total. The first-order chi connectivity index (χ1) is 4.84. The van der Waals surface area contributed by atoms with E-state index < -0.39 is 10.8 Å². The molecule has 0 aromatic rings. The zero-order valence-electron chi connectivity index (χ0n) is 8.31. The third-order valence-electron chi connectivity index (χ3n) is 2.32. The molecular weight excluding hydrogens is 156 g/mol. The summed E-state index contributed by atoms with van der Waals surface area (Å²) in [5.41, 5.74) is 0.360. The molecule has 0 N–H and O–H groups in total. The Morgan fingerprint density at radius 3 is 2.09 bits per heavy atom. The molecule has 0 aliphatic carbocycles. The molecule has 0 bridgehead atoms. The van der Waals surface area contributed by atoms with E-state index in [4.69, 9.17) is 0 Å². The van der Waals surface area contributed by atoms with Gasteiger partial charge in [-0.05, 0) is 17.8 Å². The van der Waals surface area contributed by atoms with Gasteiger partial charge < -0.3 is 0 Å². The van der Waals surface area contributed by atoms with Gasteiger partial charge in [0.25, 0.3) is 0 Å². The standard InChI is InChI=1S/C9H20OS/c1-8(9(2,3)4)6-7-11(5)10/h8H,6-7H2,1-5H3. The van der Waals surface area contributed by atoms with Crippen molar-refractivity contribution >= 4 is 10.8 Å². The van der Waals surface area contributed by atoms with Crippen LogP contribution in [-0.4, -0.2) is 16.2 Å². The molecule has 0 aromatic heterocycles. The first-order valence-electron chi connectivity index (χ1n) is 4.14. The van der Waals surface area contributed by atoms with Crippen LogP contribution in [0.4, 0.5) is 0 Å². The first-order valence-corrected chi connectivity index (χ1v) is 5.87. The Hall–Kier alpha value is 0.150. The number of hydrogen-bond acceptors (Lipinski definition) is 1. The molecule has 0 saturated heterocycles. The van der Waals surface area contributed by atoms with Crippen molar-refractivity contribution in [3.8, 4) is 0 Å². The molecule has 0 amide bonds. The van der Waals surface area contributed by atoms with E-state index in [0.29, 0.717) is 11.3 Å². The molecule has 11 heavy (non-hydrogen) atoms. The average molecular weight is 176 g/mol. The largest absolute Gasteiger partial charge is 0.260 e. The van der Waals surface area contributed by atoms with Crippen LogP contribution in [0.15, 0.2) is 0 Å². The van der Waals surface area contributed by atoms with Crippen LogP contribution in [0.3, 0.4) is 0 Å². The molecular formula is C9H20OS. The minimum Gasteiger partial charge on any atom is -0.260 e. The third kappa shape index (κ3) is 5.42. The summed E-state index contributed by atoms with van der Waals surface area (Å²) in [5.74, 6) is 1.50. The average Bonchev–Trinajstić information content (AvgIpc) is 1.80. The molecule has 0 saturated carbocycles. The van der Waals surface area contributed by atoms with Crippen molar-refractivity contribution in [1.29, 1.82) is 0 Å². The Morgan fingerprint density at radius 2 is 1.82 bits per heavy atom. The van der Waals surface area contributed by atoms with Gasteiger partial charge in [0.1, 0.15) is 0 Å². The third-order valence-corrected chi connectivity index (χ3v) is 3.13. The van der Waals surface area contributed by atoms with Gasteiger partial charge in [0.15, 0.2) is 0 Å². The van der Waals surface area contributed by atoms with E-state index in [1.165, 1.54) is 0 Å². The Labute approximate surface area is 73.0 Å². The lowest BCUT2D eigenvalue weighted by molar-refractivity contribution is 0.256. The molecule has 0 spiro atoms. The zero-order valence-corrected chi connectivity index (χ0v) is 9.12. The predicted molar refractivity (Wildman–Crippen MR) is 52.2 cm³/mol. The summed E-state index contributed by atoms with van der Waals surface area (Å²) >= 11 is 0. The number of hydrogen-bond donors (Lipinski definition) is 0. The van der Waals surface area contributed by atoms with Crippen molar-refractivity contribution in [2.24, 2.45) is 11.3 Å². The normalized spacial score (nSPS) is 17.9. The fraction of sp³-hybridized carbons (Fsp3) is 1.00. The van der Waals surface area contributed by atoms with Crippen molar-refractivity contribution in [1.82, 2.24) is 0 Å². The zero-order chi connectivity index (χ0) is 9.07. The van der Waals surface area contributed by atoms with Gasteiger partial charge in [-0.15, -0.1) is 0 Å². The van der Waals surface area contributed by atoms with E-state index >= 15 is 0 Å². The summed E-state index contributed by atoms with van der Waals surface area (Å²) in [6.45, 7) is 8.93. The van der Waals surface area contributed by atoms with Crippen LogP contribution >= 0.6 is 0 Å². The molecule has 2 heteroatoms.